The lowest BCUT2D eigenvalue weighted by atomic mass is 10.0. The summed E-state index contributed by atoms with van der Waals surface area (Å²) in [4.78, 5) is 11.0. The molecule has 0 atom stereocenters. The molecular formula is C12H21N5O. The number of aromatic nitrogens is 3. The van der Waals surface area contributed by atoms with E-state index in [-0.39, 0.29) is 12.5 Å². The maximum Gasteiger partial charge on any atom is 0.234 e. The monoisotopic (exact) mass is 251 g/mol. The summed E-state index contributed by atoms with van der Waals surface area (Å²) in [5.74, 6) is 0.685. The van der Waals surface area contributed by atoms with E-state index in [2.05, 4.69) is 15.6 Å². The van der Waals surface area contributed by atoms with Crippen LogP contribution in [0.4, 0.5) is 0 Å². The highest BCUT2D eigenvalue weighted by Gasteiger charge is 2.14. The second kappa shape index (κ2) is 6.49. The molecule has 1 heterocycles. The largest absolute Gasteiger partial charge is 0.349 e. The maximum atomic E-state index is 11.0. The highest BCUT2D eigenvalue weighted by molar-refractivity contribution is 5.77. The fraction of sp³-hybridized carbons (Fsp3) is 0.750. The Kier molecular flexibility index (Phi) is 4.69. The summed E-state index contributed by atoms with van der Waals surface area (Å²) in [6, 6.07) is 0. The van der Waals surface area contributed by atoms with Crippen LogP contribution < -0.4 is 11.1 Å². The van der Waals surface area contributed by atoms with Gasteiger partial charge in [0.05, 0.1) is 19.3 Å². The van der Waals surface area contributed by atoms with Crippen molar-refractivity contribution in [3.05, 3.63) is 11.9 Å². The predicted molar refractivity (Wildman–Crippen MR) is 67.5 cm³/mol. The van der Waals surface area contributed by atoms with Gasteiger partial charge in [0.1, 0.15) is 5.69 Å². The Morgan fingerprint density at radius 2 is 2.28 bits per heavy atom. The molecule has 3 N–H and O–H groups in total. The Hall–Kier alpha value is -1.43. The molecule has 1 aliphatic rings. The van der Waals surface area contributed by atoms with Gasteiger partial charge in [0, 0.05) is 6.54 Å². The van der Waals surface area contributed by atoms with Crippen molar-refractivity contribution in [2.24, 2.45) is 11.7 Å². The van der Waals surface area contributed by atoms with E-state index in [0.717, 1.165) is 18.2 Å². The molecule has 6 heteroatoms. The normalized spacial score (nSPS) is 16.1. The van der Waals surface area contributed by atoms with Crippen LogP contribution in [0.2, 0.25) is 0 Å². The van der Waals surface area contributed by atoms with Crippen LogP contribution in [-0.4, -0.2) is 27.4 Å². The first-order valence-electron chi connectivity index (χ1n) is 6.63. The van der Waals surface area contributed by atoms with Crippen molar-refractivity contribution in [2.75, 3.05) is 6.54 Å². The van der Waals surface area contributed by atoms with Crippen molar-refractivity contribution >= 4 is 5.91 Å². The number of nitrogens with zero attached hydrogens (tertiary/aromatic N) is 3. The molecule has 18 heavy (non-hydrogen) atoms. The van der Waals surface area contributed by atoms with Crippen LogP contribution in [0.1, 0.15) is 37.8 Å². The van der Waals surface area contributed by atoms with Crippen LogP contribution in [0.3, 0.4) is 0 Å². The summed E-state index contributed by atoms with van der Waals surface area (Å²) in [7, 11) is 0. The van der Waals surface area contributed by atoms with Gasteiger partial charge in [-0.3, -0.25) is 9.48 Å². The number of rotatable bonds is 6. The summed E-state index contributed by atoms with van der Waals surface area (Å²) in [5.41, 5.74) is 5.99. The van der Waals surface area contributed by atoms with Gasteiger partial charge in [0.2, 0.25) is 5.91 Å². The van der Waals surface area contributed by atoms with Crippen molar-refractivity contribution < 1.29 is 4.79 Å². The topological polar surface area (TPSA) is 85.8 Å². The maximum absolute atomic E-state index is 11.0. The van der Waals surface area contributed by atoms with Crippen LogP contribution in [-0.2, 0) is 17.9 Å². The average molecular weight is 251 g/mol. The second-order valence-corrected chi connectivity index (χ2v) is 4.89. The summed E-state index contributed by atoms with van der Waals surface area (Å²) in [6.07, 6.45) is 8.53. The van der Waals surface area contributed by atoms with Gasteiger partial charge in [-0.15, -0.1) is 5.10 Å². The van der Waals surface area contributed by atoms with Gasteiger partial charge in [-0.25, -0.2) is 0 Å². The number of nitrogens with two attached hydrogens (primary N) is 1. The fourth-order valence-corrected chi connectivity index (χ4v) is 2.40. The lowest BCUT2D eigenvalue weighted by molar-refractivity contribution is -0.119. The van der Waals surface area contributed by atoms with Crippen molar-refractivity contribution in [1.82, 2.24) is 20.3 Å². The number of nitrogens with one attached hydrogen (secondary N) is 1. The Balaban J connectivity index is 1.73. The molecule has 0 radical (unpaired) electrons. The molecule has 1 aliphatic carbocycles. The van der Waals surface area contributed by atoms with E-state index in [4.69, 9.17) is 5.73 Å². The van der Waals surface area contributed by atoms with Crippen LogP contribution in [0.15, 0.2) is 6.20 Å². The number of hydrogen-bond acceptors (Lipinski definition) is 4. The highest BCUT2D eigenvalue weighted by Crippen LogP contribution is 2.27. The molecule has 2 rings (SSSR count). The van der Waals surface area contributed by atoms with E-state index in [1.54, 1.807) is 0 Å². The molecule has 1 saturated carbocycles. The van der Waals surface area contributed by atoms with Crippen LogP contribution in [0.25, 0.3) is 0 Å². The van der Waals surface area contributed by atoms with Gasteiger partial charge in [-0.05, 0) is 12.3 Å². The van der Waals surface area contributed by atoms with E-state index in [0.29, 0.717) is 6.54 Å². The fourth-order valence-electron chi connectivity index (χ4n) is 2.40. The van der Waals surface area contributed by atoms with Crippen molar-refractivity contribution in [1.29, 1.82) is 0 Å². The third-order valence-corrected chi connectivity index (χ3v) is 3.48. The third kappa shape index (κ3) is 3.80. The molecule has 0 bridgehead atoms. The molecule has 0 spiro atoms. The molecule has 1 amide bonds. The minimum absolute atomic E-state index is 0.00974. The van der Waals surface area contributed by atoms with Crippen LogP contribution >= 0.6 is 0 Å². The molecule has 1 fully saturated rings. The second-order valence-electron chi connectivity index (χ2n) is 4.89. The Morgan fingerprint density at radius 3 is 3.00 bits per heavy atom. The number of amides is 1. The number of aryl methyl sites for hydroxylation is 1. The summed E-state index contributed by atoms with van der Waals surface area (Å²) in [6.45, 7) is 1.33. The predicted octanol–water partition coefficient (Wildman–Crippen LogP) is 0.433. The minimum atomic E-state index is -0.171. The van der Waals surface area contributed by atoms with Crippen molar-refractivity contribution in [2.45, 2.75) is 45.2 Å². The molecule has 100 valence electrons. The third-order valence-electron chi connectivity index (χ3n) is 3.48. The smallest absolute Gasteiger partial charge is 0.234 e. The lowest BCUT2D eigenvalue weighted by Gasteiger charge is -2.07. The SMILES string of the molecule is NCC(=O)NCc1cn(CCC2CCCC2)nn1. The molecule has 1 aromatic heterocycles. The van der Waals surface area contributed by atoms with E-state index in [9.17, 15) is 4.79 Å². The quantitative estimate of drug-likeness (QED) is 0.768. The Bertz CT molecular complexity index is 384. The van der Waals surface area contributed by atoms with E-state index in [1.807, 2.05) is 10.9 Å². The van der Waals surface area contributed by atoms with E-state index >= 15 is 0 Å². The van der Waals surface area contributed by atoms with E-state index in [1.165, 1.54) is 32.1 Å². The molecule has 0 aromatic carbocycles. The lowest BCUT2D eigenvalue weighted by Crippen LogP contribution is -2.29. The zero-order valence-electron chi connectivity index (χ0n) is 10.6. The van der Waals surface area contributed by atoms with Gasteiger partial charge in [0.25, 0.3) is 0 Å². The number of carbonyl (C=O) groups excluding carboxylic acids is 1. The van der Waals surface area contributed by atoms with Crippen molar-refractivity contribution in [3.8, 4) is 0 Å². The van der Waals surface area contributed by atoms with Crippen LogP contribution in [0.5, 0.6) is 0 Å². The van der Waals surface area contributed by atoms with E-state index < -0.39 is 0 Å². The average Bonchev–Trinajstić information content (AvgIpc) is 3.04. The Morgan fingerprint density at radius 1 is 1.50 bits per heavy atom. The molecular weight excluding hydrogens is 230 g/mol. The molecule has 0 unspecified atom stereocenters. The first-order chi connectivity index (χ1) is 8.78. The standard InChI is InChI=1S/C12H21N5O/c13-7-12(18)14-8-11-9-17(16-15-11)6-5-10-3-1-2-4-10/h9-10H,1-8,13H2,(H,14,18). The van der Waals surface area contributed by atoms with Gasteiger partial charge in [0.15, 0.2) is 0 Å². The molecule has 6 nitrogen and oxygen atoms in total. The molecule has 1 aromatic rings. The first kappa shape index (κ1) is 13.0. The number of hydrogen-bond donors (Lipinski definition) is 2. The zero-order chi connectivity index (χ0) is 12.8. The molecule has 0 aliphatic heterocycles. The zero-order valence-corrected chi connectivity index (χ0v) is 10.6. The highest BCUT2D eigenvalue weighted by atomic mass is 16.1. The first-order valence-corrected chi connectivity index (χ1v) is 6.63. The van der Waals surface area contributed by atoms with Gasteiger partial charge < -0.3 is 11.1 Å². The molecule has 0 saturated heterocycles. The van der Waals surface area contributed by atoms with Gasteiger partial charge in [-0.2, -0.15) is 0 Å². The van der Waals surface area contributed by atoms with Gasteiger partial charge in [-0.1, -0.05) is 30.9 Å². The van der Waals surface area contributed by atoms with Crippen LogP contribution in [0, 0.1) is 5.92 Å². The minimum Gasteiger partial charge on any atom is -0.349 e. The van der Waals surface area contributed by atoms with Gasteiger partial charge >= 0.3 is 0 Å². The summed E-state index contributed by atoms with van der Waals surface area (Å²) in [5, 5.41) is 10.8. The Labute approximate surface area is 107 Å². The van der Waals surface area contributed by atoms with Crippen molar-refractivity contribution in [3.63, 3.8) is 0 Å². The number of carbonyl (C=O) groups is 1. The summed E-state index contributed by atoms with van der Waals surface area (Å²) < 4.78 is 1.86. The summed E-state index contributed by atoms with van der Waals surface area (Å²) >= 11 is 0.